The van der Waals surface area contributed by atoms with Gasteiger partial charge in [-0.05, 0) is 55.0 Å². The predicted octanol–water partition coefficient (Wildman–Crippen LogP) is 3.72. The molecule has 0 radical (unpaired) electrons. The highest BCUT2D eigenvalue weighted by Crippen LogP contribution is 2.24. The first-order chi connectivity index (χ1) is 15.0. The first-order valence-corrected chi connectivity index (χ1v) is 11.2. The van der Waals surface area contributed by atoms with Crippen LogP contribution in [0.2, 0.25) is 0 Å². The first-order valence-electron chi connectivity index (χ1n) is 9.75. The number of nitrogens with one attached hydrogen (secondary N) is 2. The highest BCUT2D eigenvalue weighted by molar-refractivity contribution is 7.91. The Morgan fingerprint density at radius 1 is 1.06 bits per heavy atom. The lowest BCUT2D eigenvalue weighted by atomic mass is 10.2. The molecular weight excluding hydrogens is 414 g/mol. The number of hydrogen-bond donors (Lipinski definition) is 2. The summed E-state index contributed by atoms with van der Waals surface area (Å²) in [5.74, 6) is 0.260. The topological polar surface area (TPSA) is 101 Å². The lowest BCUT2D eigenvalue weighted by molar-refractivity contribution is 0.0946. The number of ether oxygens (including phenoxy) is 1. The van der Waals surface area contributed by atoms with Crippen LogP contribution in [0.1, 0.15) is 23.0 Å². The summed E-state index contributed by atoms with van der Waals surface area (Å²) in [6, 6.07) is 16.4. The zero-order valence-electron chi connectivity index (χ0n) is 16.8. The number of rotatable bonds is 7. The second kappa shape index (κ2) is 8.61. The van der Waals surface area contributed by atoms with Gasteiger partial charge in [0.05, 0.1) is 16.4 Å². The van der Waals surface area contributed by atoms with Crippen LogP contribution in [0.15, 0.2) is 82.8 Å². The van der Waals surface area contributed by atoms with Crippen molar-refractivity contribution < 1.29 is 17.9 Å². The van der Waals surface area contributed by atoms with Crippen molar-refractivity contribution in [1.82, 2.24) is 15.3 Å². The van der Waals surface area contributed by atoms with Crippen LogP contribution >= 0.6 is 0 Å². The van der Waals surface area contributed by atoms with Crippen molar-refractivity contribution in [2.45, 2.75) is 23.3 Å². The molecule has 0 bridgehead atoms. The van der Waals surface area contributed by atoms with Crippen LogP contribution < -0.4 is 10.1 Å². The number of H-pyrrole nitrogens is 1. The Kier molecular flexibility index (Phi) is 5.73. The fraction of sp³-hybridized carbons (Fsp3) is 0.130. The summed E-state index contributed by atoms with van der Waals surface area (Å²) in [4.78, 5) is 19.9. The van der Waals surface area contributed by atoms with E-state index in [9.17, 15) is 13.2 Å². The van der Waals surface area contributed by atoms with E-state index in [0.717, 1.165) is 16.5 Å². The quantitative estimate of drug-likeness (QED) is 0.461. The summed E-state index contributed by atoms with van der Waals surface area (Å²) in [6.07, 6.45) is 3.34. The number of benzene rings is 2. The van der Waals surface area contributed by atoms with E-state index >= 15 is 0 Å². The Hall–Kier alpha value is -3.65. The number of aromatic nitrogens is 2. The number of aromatic amines is 1. The third-order valence-electron chi connectivity index (χ3n) is 4.78. The molecule has 8 heteroatoms. The average Bonchev–Trinajstić information content (AvgIpc) is 3.23. The van der Waals surface area contributed by atoms with Crippen LogP contribution in [0.4, 0.5) is 0 Å². The molecule has 2 aromatic heterocycles. The number of fused-ring (bicyclic) bond motifs is 1. The molecule has 0 aliphatic carbocycles. The Morgan fingerprint density at radius 2 is 1.87 bits per heavy atom. The summed E-state index contributed by atoms with van der Waals surface area (Å²) in [6.45, 7) is 2.57. The maximum Gasteiger partial charge on any atom is 0.267 e. The highest BCUT2D eigenvalue weighted by Gasteiger charge is 2.18. The number of sulfone groups is 1. The van der Waals surface area contributed by atoms with Gasteiger partial charge in [-0.15, -0.1) is 0 Å². The molecule has 0 saturated carbocycles. The third kappa shape index (κ3) is 4.44. The lowest BCUT2D eigenvalue weighted by Gasteiger charge is -2.09. The number of pyridine rings is 1. The SMILES string of the molecule is CCOc1cccc(S(=O)(=O)c2ccc(CNC(=O)c3cc4cnccc4[nH]3)cc2)c1. The van der Waals surface area contributed by atoms with Gasteiger partial charge in [0, 0.05) is 29.8 Å². The van der Waals surface area contributed by atoms with E-state index in [1.807, 2.05) is 6.92 Å². The molecule has 0 fully saturated rings. The highest BCUT2D eigenvalue weighted by atomic mass is 32.2. The maximum absolute atomic E-state index is 12.9. The van der Waals surface area contributed by atoms with E-state index in [1.54, 1.807) is 67.0 Å². The van der Waals surface area contributed by atoms with Gasteiger partial charge in [0.15, 0.2) is 0 Å². The van der Waals surface area contributed by atoms with Crippen molar-refractivity contribution in [2.24, 2.45) is 0 Å². The second-order valence-corrected chi connectivity index (χ2v) is 8.83. The van der Waals surface area contributed by atoms with Crippen LogP contribution in [0.3, 0.4) is 0 Å². The van der Waals surface area contributed by atoms with E-state index in [-0.39, 0.29) is 22.2 Å². The fourth-order valence-electron chi connectivity index (χ4n) is 3.19. The number of nitrogens with zero attached hydrogens (tertiary/aromatic N) is 1. The summed E-state index contributed by atoms with van der Waals surface area (Å²) >= 11 is 0. The zero-order chi connectivity index (χ0) is 21.8. The normalized spacial score (nSPS) is 11.4. The van der Waals surface area contributed by atoms with Gasteiger partial charge in [0.1, 0.15) is 11.4 Å². The molecule has 4 rings (SSSR count). The lowest BCUT2D eigenvalue weighted by Crippen LogP contribution is -2.23. The molecule has 158 valence electrons. The van der Waals surface area contributed by atoms with Crippen molar-refractivity contribution in [2.75, 3.05) is 6.61 Å². The van der Waals surface area contributed by atoms with Gasteiger partial charge in [0.25, 0.3) is 5.91 Å². The summed E-state index contributed by atoms with van der Waals surface area (Å²) in [5.41, 5.74) is 2.06. The van der Waals surface area contributed by atoms with Gasteiger partial charge >= 0.3 is 0 Å². The van der Waals surface area contributed by atoms with Crippen LogP contribution in [0.25, 0.3) is 10.9 Å². The Bertz CT molecular complexity index is 1300. The first kappa shape index (κ1) is 20.6. The van der Waals surface area contributed by atoms with Crippen molar-refractivity contribution in [1.29, 1.82) is 0 Å². The minimum atomic E-state index is -3.66. The van der Waals surface area contributed by atoms with Crippen molar-refractivity contribution in [3.63, 3.8) is 0 Å². The number of carbonyl (C=O) groups excluding carboxylic acids is 1. The molecule has 2 N–H and O–H groups in total. The molecule has 31 heavy (non-hydrogen) atoms. The minimum Gasteiger partial charge on any atom is -0.494 e. The standard InChI is InChI=1S/C23H21N3O4S/c1-2-30-18-4-3-5-20(13-18)31(28,29)19-8-6-16(7-9-19)14-25-23(27)22-12-17-15-24-11-10-21(17)26-22/h3-13,15,26H,2,14H2,1H3,(H,25,27). The predicted molar refractivity (Wildman–Crippen MR) is 117 cm³/mol. The fourth-order valence-corrected chi connectivity index (χ4v) is 4.49. The average molecular weight is 436 g/mol. The molecule has 4 aromatic rings. The molecule has 0 saturated heterocycles. The minimum absolute atomic E-state index is 0.174. The molecule has 0 spiro atoms. The number of hydrogen-bond acceptors (Lipinski definition) is 5. The molecule has 2 heterocycles. The molecular formula is C23H21N3O4S. The number of carbonyl (C=O) groups is 1. The van der Waals surface area contributed by atoms with E-state index in [1.165, 1.54) is 6.07 Å². The Balaban J connectivity index is 1.45. The summed E-state index contributed by atoms with van der Waals surface area (Å²) < 4.78 is 31.2. The zero-order valence-corrected chi connectivity index (χ0v) is 17.6. The van der Waals surface area contributed by atoms with Gasteiger partial charge in [-0.3, -0.25) is 9.78 Å². The van der Waals surface area contributed by atoms with Gasteiger partial charge in [-0.2, -0.15) is 0 Å². The smallest absolute Gasteiger partial charge is 0.267 e. The molecule has 0 unspecified atom stereocenters. The van der Waals surface area contributed by atoms with E-state index in [0.29, 0.717) is 18.1 Å². The molecule has 0 aliphatic heterocycles. The van der Waals surface area contributed by atoms with E-state index in [4.69, 9.17) is 4.74 Å². The molecule has 1 amide bonds. The van der Waals surface area contributed by atoms with Crippen LogP contribution in [0.5, 0.6) is 5.75 Å². The van der Waals surface area contributed by atoms with Crippen LogP contribution in [-0.2, 0) is 16.4 Å². The van der Waals surface area contributed by atoms with E-state index in [2.05, 4.69) is 15.3 Å². The second-order valence-electron chi connectivity index (χ2n) is 6.88. The monoisotopic (exact) mass is 435 g/mol. The Morgan fingerprint density at radius 3 is 2.61 bits per heavy atom. The largest absolute Gasteiger partial charge is 0.494 e. The number of amides is 1. The van der Waals surface area contributed by atoms with Gasteiger partial charge in [-0.25, -0.2) is 8.42 Å². The van der Waals surface area contributed by atoms with Gasteiger partial charge < -0.3 is 15.0 Å². The van der Waals surface area contributed by atoms with E-state index < -0.39 is 9.84 Å². The van der Waals surface area contributed by atoms with Crippen molar-refractivity contribution in [3.8, 4) is 5.75 Å². The molecule has 0 atom stereocenters. The molecule has 7 nitrogen and oxygen atoms in total. The van der Waals surface area contributed by atoms with Gasteiger partial charge in [0.2, 0.25) is 9.84 Å². The summed E-state index contributed by atoms with van der Waals surface area (Å²) in [7, 11) is -3.66. The molecule has 0 aliphatic rings. The van der Waals surface area contributed by atoms with Crippen LogP contribution in [-0.4, -0.2) is 30.9 Å². The summed E-state index contributed by atoms with van der Waals surface area (Å²) in [5, 5.41) is 3.69. The Labute approximate surface area is 180 Å². The van der Waals surface area contributed by atoms with Crippen LogP contribution in [0, 0.1) is 0 Å². The third-order valence-corrected chi connectivity index (χ3v) is 6.55. The maximum atomic E-state index is 12.9. The molecule has 2 aromatic carbocycles. The van der Waals surface area contributed by atoms with Crippen molar-refractivity contribution in [3.05, 3.63) is 84.3 Å². The van der Waals surface area contributed by atoms with Gasteiger partial charge in [-0.1, -0.05) is 18.2 Å². The van der Waals surface area contributed by atoms with Crippen molar-refractivity contribution >= 4 is 26.6 Å².